The molecule has 1 atom stereocenters. The van der Waals surface area contributed by atoms with E-state index in [1.807, 2.05) is 0 Å². The number of halogens is 1. The molecule has 0 radical (unpaired) electrons. The van der Waals surface area contributed by atoms with Crippen molar-refractivity contribution >= 4 is 27.3 Å². The van der Waals surface area contributed by atoms with Crippen LogP contribution in [0.1, 0.15) is 37.3 Å². The fraction of sp³-hybridized carbons (Fsp3) is 0.733. The maximum Gasteiger partial charge on any atom is 0.0594 e. The number of likely N-dealkylation sites (N-methyl/N-ethyl adjacent to an activating group) is 1. The zero-order valence-electron chi connectivity index (χ0n) is 12.0. The van der Waals surface area contributed by atoms with Crippen LogP contribution >= 0.6 is 27.3 Å². The lowest BCUT2D eigenvalue weighted by Crippen LogP contribution is -2.57. The number of nitrogens with zero attached hydrogens (tertiary/aromatic N) is 1. The van der Waals surface area contributed by atoms with Crippen molar-refractivity contribution in [2.75, 3.05) is 33.4 Å². The Morgan fingerprint density at radius 1 is 1.30 bits per heavy atom. The fourth-order valence-corrected chi connectivity index (χ4v) is 5.55. The predicted molar refractivity (Wildman–Crippen MR) is 87.4 cm³/mol. The van der Waals surface area contributed by atoms with Crippen molar-refractivity contribution in [3.8, 4) is 0 Å². The first-order valence-electron chi connectivity index (χ1n) is 7.49. The molecule has 1 unspecified atom stereocenters. The van der Waals surface area contributed by atoms with Crippen molar-refractivity contribution in [2.24, 2.45) is 0 Å². The summed E-state index contributed by atoms with van der Waals surface area (Å²) in [5.74, 6) is 0. The molecule has 5 heteroatoms. The molecular weight excluding hydrogens is 336 g/mol. The second-order valence-electron chi connectivity index (χ2n) is 5.81. The quantitative estimate of drug-likeness (QED) is 0.892. The van der Waals surface area contributed by atoms with Crippen molar-refractivity contribution in [1.82, 2.24) is 10.2 Å². The van der Waals surface area contributed by atoms with E-state index in [0.717, 1.165) is 26.3 Å². The van der Waals surface area contributed by atoms with E-state index in [-0.39, 0.29) is 5.54 Å². The Morgan fingerprint density at radius 2 is 2.00 bits per heavy atom. The SMILES string of the molecule is CNC(c1cscc1Br)C1(N2CCOCC2)CCCC1. The molecular formula is C15H23BrN2OS. The molecule has 112 valence electrons. The van der Waals surface area contributed by atoms with E-state index in [0.29, 0.717) is 6.04 Å². The van der Waals surface area contributed by atoms with Gasteiger partial charge in [0.2, 0.25) is 0 Å². The van der Waals surface area contributed by atoms with Crippen LogP contribution in [-0.4, -0.2) is 43.8 Å². The monoisotopic (exact) mass is 358 g/mol. The van der Waals surface area contributed by atoms with Crippen LogP contribution in [0.25, 0.3) is 0 Å². The summed E-state index contributed by atoms with van der Waals surface area (Å²) in [6, 6.07) is 0.406. The molecule has 1 aromatic heterocycles. The molecule has 0 aromatic carbocycles. The van der Waals surface area contributed by atoms with Gasteiger partial charge in [0.25, 0.3) is 0 Å². The molecule has 1 N–H and O–H groups in total. The standard InChI is InChI=1S/C15H23BrN2OS/c1-17-14(12-10-20-11-13(12)16)15(4-2-3-5-15)18-6-8-19-9-7-18/h10-11,14,17H,2-9H2,1H3. The van der Waals surface area contributed by atoms with Gasteiger partial charge in [0.15, 0.2) is 0 Å². The van der Waals surface area contributed by atoms with Gasteiger partial charge < -0.3 is 10.1 Å². The van der Waals surface area contributed by atoms with E-state index in [1.165, 1.54) is 35.7 Å². The fourth-order valence-electron chi connectivity index (χ4n) is 3.99. The van der Waals surface area contributed by atoms with Gasteiger partial charge >= 0.3 is 0 Å². The third kappa shape index (κ3) is 2.59. The lowest BCUT2D eigenvalue weighted by atomic mass is 9.82. The number of thiophene rings is 1. The average molecular weight is 359 g/mol. The van der Waals surface area contributed by atoms with Crippen molar-refractivity contribution in [3.63, 3.8) is 0 Å². The van der Waals surface area contributed by atoms with Crippen molar-refractivity contribution in [2.45, 2.75) is 37.3 Å². The Bertz CT molecular complexity index is 439. The van der Waals surface area contributed by atoms with Crippen LogP contribution in [0.15, 0.2) is 15.2 Å². The van der Waals surface area contributed by atoms with Gasteiger partial charge in [-0.1, -0.05) is 12.8 Å². The Balaban J connectivity index is 1.93. The molecule has 2 aliphatic rings. The molecule has 0 amide bonds. The Hall–Kier alpha value is 0.0600. The summed E-state index contributed by atoms with van der Waals surface area (Å²) in [4.78, 5) is 2.69. The first kappa shape index (κ1) is 15.0. The van der Waals surface area contributed by atoms with Gasteiger partial charge in [0.1, 0.15) is 0 Å². The van der Waals surface area contributed by atoms with Gasteiger partial charge in [-0.15, -0.1) is 0 Å². The van der Waals surface area contributed by atoms with Crippen LogP contribution in [0.5, 0.6) is 0 Å². The molecule has 20 heavy (non-hydrogen) atoms. The molecule has 1 saturated carbocycles. The molecule has 1 aromatic rings. The van der Waals surface area contributed by atoms with Gasteiger partial charge in [-0.3, -0.25) is 4.90 Å². The maximum atomic E-state index is 5.56. The molecule has 3 rings (SSSR count). The molecule has 0 spiro atoms. The summed E-state index contributed by atoms with van der Waals surface area (Å²) in [5.41, 5.74) is 1.69. The van der Waals surface area contributed by atoms with Crippen molar-refractivity contribution in [3.05, 3.63) is 20.8 Å². The highest BCUT2D eigenvalue weighted by atomic mass is 79.9. The van der Waals surface area contributed by atoms with Gasteiger partial charge in [0, 0.05) is 28.5 Å². The van der Waals surface area contributed by atoms with E-state index >= 15 is 0 Å². The van der Waals surface area contributed by atoms with E-state index in [1.54, 1.807) is 11.3 Å². The zero-order chi connectivity index (χ0) is 14.0. The van der Waals surface area contributed by atoms with Crippen LogP contribution in [0, 0.1) is 0 Å². The average Bonchev–Trinajstić information content (AvgIpc) is 3.12. The first-order chi connectivity index (χ1) is 9.78. The number of ether oxygens (including phenoxy) is 1. The summed E-state index contributed by atoms with van der Waals surface area (Å²) in [6.07, 6.45) is 5.27. The number of rotatable bonds is 4. The normalized spacial score (nSPS) is 24.9. The molecule has 2 fully saturated rings. The molecule has 2 heterocycles. The maximum absolute atomic E-state index is 5.56. The lowest BCUT2D eigenvalue weighted by Gasteiger charge is -2.48. The summed E-state index contributed by atoms with van der Waals surface area (Å²) in [7, 11) is 2.11. The van der Waals surface area contributed by atoms with Crippen LogP contribution < -0.4 is 5.32 Å². The summed E-state index contributed by atoms with van der Waals surface area (Å²) in [5, 5.41) is 8.11. The van der Waals surface area contributed by atoms with Gasteiger partial charge in [0.05, 0.1) is 19.3 Å². The lowest BCUT2D eigenvalue weighted by molar-refractivity contribution is -0.0354. The van der Waals surface area contributed by atoms with Crippen LogP contribution in [0.3, 0.4) is 0 Å². The van der Waals surface area contributed by atoms with Crippen LogP contribution in [0.4, 0.5) is 0 Å². The minimum atomic E-state index is 0.266. The van der Waals surface area contributed by atoms with E-state index in [2.05, 4.69) is 44.0 Å². The highest BCUT2D eigenvalue weighted by Crippen LogP contribution is 2.46. The molecule has 1 aliphatic carbocycles. The Morgan fingerprint density at radius 3 is 2.55 bits per heavy atom. The van der Waals surface area contributed by atoms with Crippen molar-refractivity contribution < 1.29 is 4.74 Å². The molecule has 1 saturated heterocycles. The van der Waals surface area contributed by atoms with E-state index < -0.39 is 0 Å². The third-order valence-electron chi connectivity index (χ3n) is 4.89. The van der Waals surface area contributed by atoms with Gasteiger partial charge in [-0.2, -0.15) is 11.3 Å². The van der Waals surface area contributed by atoms with Gasteiger partial charge in [-0.25, -0.2) is 0 Å². The van der Waals surface area contributed by atoms with Crippen LogP contribution in [-0.2, 0) is 4.74 Å². The Labute approximate surface area is 133 Å². The molecule has 1 aliphatic heterocycles. The third-order valence-corrected chi connectivity index (χ3v) is 6.64. The largest absolute Gasteiger partial charge is 0.379 e. The molecule has 0 bridgehead atoms. The molecule has 3 nitrogen and oxygen atoms in total. The zero-order valence-corrected chi connectivity index (χ0v) is 14.4. The second kappa shape index (κ2) is 6.44. The van der Waals surface area contributed by atoms with Gasteiger partial charge in [-0.05, 0) is 46.8 Å². The second-order valence-corrected chi connectivity index (χ2v) is 7.40. The number of hydrogen-bond acceptors (Lipinski definition) is 4. The van der Waals surface area contributed by atoms with Crippen molar-refractivity contribution in [1.29, 1.82) is 0 Å². The van der Waals surface area contributed by atoms with Crippen LogP contribution in [0.2, 0.25) is 0 Å². The summed E-state index contributed by atoms with van der Waals surface area (Å²) in [6.45, 7) is 3.89. The Kier molecular flexibility index (Phi) is 4.82. The highest BCUT2D eigenvalue weighted by molar-refractivity contribution is 9.10. The number of nitrogens with one attached hydrogen (secondary N) is 1. The number of morpholine rings is 1. The summed E-state index contributed by atoms with van der Waals surface area (Å²) < 4.78 is 6.81. The smallest absolute Gasteiger partial charge is 0.0594 e. The minimum Gasteiger partial charge on any atom is -0.379 e. The highest BCUT2D eigenvalue weighted by Gasteiger charge is 2.46. The van der Waals surface area contributed by atoms with E-state index in [9.17, 15) is 0 Å². The minimum absolute atomic E-state index is 0.266. The number of hydrogen-bond donors (Lipinski definition) is 1. The predicted octanol–water partition coefficient (Wildman–Crippen LogP) is 3.42. The summed E-state index contributed by atoms with van der Waals surface area (Å²) >= 11 is 5.51. The first-order valence-corrected chi connectivity index (χ1v) is 9.23. The van der Waals surface area contributed by atoms with E-state index in [4.69, 9.17) is 4.74 Å². The topological polar surface area (TPSA) is 24.5 Å².